The molecule has 2 aromatic rings. The molecule has 1 N–H and O–H groups in total. The maximum Gasteiger partial charge on any atom is 0.234 e. The molecule has 21 heavy (non-hydrogen) atoms. The van der Waals surface area contributed by atoms with Gasteiger partial charge in [-0.05, 0) is 24.7 Å². The number of aromatic nitrogens is 2. The minimum absolute atomic E-state index is 0.0297. The minimum Gasteiger partial charge on any atom is -0.379 e. The number of benzene rings is 1. The molecular formula is C14H15ClFN3O2. The molecule has 3 rings (SSSR count). The van der Waals surface area contributed by atoms with Crippen molar-refractivity contribution in [2.24, 2.45) is 0 Å². The standard InChI is InChI=1S/C14H15ClFN3O2/c1-2-17-12-7-20-6-9(12)14-18-13(19-21-14)8-3-4-11(16)10(15)5-8/h3-5,9,12,17H,2,6-7H2,1H3. The van der Waals surface area contributed by atoms with Gasteiger partial charge < -0.3 is 14.6 Å². The van der Waals surface area contributed by atoms with Crippen LogP contribution in [0.25, 0.3) is 11.4 Å². The summed E-state index contributed by atoms with van der Waals surface area (Å²) in [6, 6.07) is 4.51. The summed E-state index contributed by atoms with van der Waals surface area (Å²) in [6.45, 7) is 4.05. The van der Waals surface area contributed by atoms with Gasteiger partial charge in [0.1, 0.15) is 5.82 Å². The van der Waals surface area contributed by atoms with Gasteiger partial charge in [-0.15, -0.1) is 0 Å². The molecule has 5 nitrogen and oxygen atoms in total. The molecule has 112 valence electrons. The predicted octanol–water partition coefficient (Wildman–Crippen LogP) is 2.62. The van der Waals surface area contributed by atoms with Crippen molar-refractivity contribution < 1.29 is 13.7 Å². The van der Waals surface area contributed by atoms with Gasteiger partial charge >= 0.3 is 0 Å². The van der Waals surface area contributed by atoms with E-state index in [1.54, 1.807) is 6.07 Å². The van der Waals surface area contributed by atoms with E-state index in [0.29, 0.717) is 30.5 Å². The van der Waals surface area contributed by atoms with Gasteiger partial charge in [-0.2, -0.15) is 4.98 Å². The molecule has 0 radical (unpaired) electrons. The molecule has 1 aliphatic heterocycles. The molecule has 0 bridgehead atoms. The van der Waals surface area contributed by atoms with Crippen molar-refractivity contribution in [2.75, 3.05) is 19.8 Å². The van der Waals surface area contributed by atoms with Crippen molar-refractivity contribution in [3.8, 4) is 11.4 Å². The summed E-state index contributed by atoms with van der Waals surface area (Å²) in [6.07, 6.45) is 0. The first-order valence-corrected chi connectivity index (χ1v) is 7.17. The van der Waals surface area contributed by atoms with E-state index in [-0.39, 0.29) is 17.0 Å². The van der Waals surface area contributed by atoms with Gasteiger partial charge in [-0.3, -0.25) is 0 Å². The van der Waals surface area contributed by atoms with Crippen molar-refractivity contribution in [3.05, 3.63) is 34.9 Å². The van der Waals surface area contributed by atoms with Crippen molar-refractivity contribution in [3.63, 3.8) is 0 Å². The molecule has 7 heteroatoms. The molecular weight excluding hydrogens is 297 g/mol. The summed E-state index contributed by atoms with van der Waals surface area (Å²) in [7, 11) is 0. The lowest BCUT2D eigenvalue weighted by Crippen LogP contribution is -2.34. The summed E-state index contributed by atoms with van der Waals surface area (Å²) in [5.74, 6) is 0.477. The predicted molar refractivity (Wildman–Crippen MR) is 75.7 cm³/mol. The number of nitrogens with zero attached hydrogens (tertiary/aromatic N) is 2. The third kappa shape index (κ3) is 2.92. The monoisotopic (exact) mass is 311 g/mol. The van der Waals surface area contributed by atoms with Crippen LogP contribution in [0.4, 0.5) is 4.39 Å². The second kappa shape index (κ2) is 6.09. The fourth-order valence-corrected chi connectivity index (χ4v) is 2.58. The minimum atomic E-state index is -0.472. The Morgan fingerprint density at radius 3 is 3.05 bits per heavy atom. The molecule has 0 saturated carbocycles. The van der Waals surface area contributed by atoms with Gasteiger partial charge in [-0.25, -0.2) is 4.39 Å². The first-order chi connectivity index (χ1) is 10.2. The second-order valence-corrected chi connectivity index (χ2v) is 5.30. The fourth-order valence-electron chi connectivity index (χ4n) is 2.40. The number of rotatable bonds is 4. The quantitative estimate of drug-likeness (QED) is 0.940. The summed E-state index contributed by atoms with van der Waals surface area (Å²) < 4.78 is 24.0. The lowest BCUT2D eigenvalue weighted by molar-refractivity contribution is 0.185. The summed E-state index contributed by atoms with van der Waals surface area (Å²) >= 11 is 5.77. The number of hydrogen-bond acceptors (Lipinski definition) is 5. The molecule has 1 fully saturated rings. The topological polar surface area (TPSA) is 60.2 Å². The summed E-state index contributed by atoms with van der Waals surface area (Å²) in [4.78, 5) is 4.39. The number of halogens is 2. The highest BCUT2D eigenvalue weighted by Crippen LogP contribution is 2.28. The molecule has 2 atom stereocenters. The zero-order chi connectivity index (χ0) is 14.8. The normalized spacial score (nSPS) is 21.9. The van der Waals surface area contributed by atoms with Crippen molar-refractivity contribution in [1.29, 1.82) is 0 Å². The number of nitrogens with one attached hydrogen (secondary N) is 1. The molecule has 1 saturated heterocycles. The number of hydrogen-bond donors (Lipinski definition) is 1. The average molecular weight is 312 g/mol. The van der Waals surface area contributed by atoms with E-state index in [4.69, 9.17) is 20.9 Å². The van der Waals surface area contributed by atoms with E-state index < -0.39 is 5.82 Å². The van der Waals surface area contributed by atoms with Gasteiger partial charge in [-0.1, -0.05) is 23.7 Å². The zero-order valence-electron chi connectivity index (χ0n) is 11.5. The SMILES string of the molecule is CCNC1COCC1c1nc(-c2ccc(F)c(Cl)c2)no1. The van der Waals surface area contributed by atoms with Crippen LogP contribution in [0.5, 0.6) is 0 Å². The molecule has 0 spiro atoms. The Labute approximate surface area is 126 Å². The van der Waals surface area contributed by atoms with Crippen LogP contribution >= 0.6 is 11.6 Å². The fraction of sp³-hybridized carbons (Fsp3) is 0.429. The van der Waals surface area contributed by atoms with E-state index in [1.165, 1.54) is 12.1 Å². The molecule has 2 heterocycles. The molecule has 0 aliphatic carbocycles. The zero-order valence-corrected chi connectivity index (χ0v) is 12.2. The molecule has 2 unspecified atom stereocenters. The van der Waals surface area contributed by atoms with E-state index in [9.17, 15) is 4.39 Å². The molecule has 1 aromatic heterocycles. The maximum atomic E-state index is 13.2. The number of likely N-dealkylation sites (N-methyl/N-ethyl adjacent to an activating group) is 1. The van der Waals surface area contributed by atoms with Crippen LogP contribution < -0.4 is 5.32 Å². The Morgan fingerprint density at radius 1 is 1.43 bits per heavy atom. The lowest BCUT2D eigenvalue weighted by Gasteiger charge is -2.13. The smallest absolute Gasteiger partial charge is 0.234 e. The lowest BCUT2D eigenvalue weighted by atomic mass is 10.0. The van der Waals surface area contributed by atoms with Crippen LogP contribution in [-0.2, 0) is 4.74 Å². The van der Waals surface area contributed by atoms with Crippen LogP contribution in [0.15, 0.2) is 22.7 Å². The van der Waals surface area contributed by atoms with Crippen LogP contribution in [0.2, 0.25) is 5.02 Å². The Bertz CT molecular complexity index is 634. The van der Waals surface area contributed by atoms with Gasteiger partial charge in [0.15, 0.2) is 0 Å². The third-order valence-corrected chi connectivity index (χ3v) is 3.77. The van der Waals surface area contributed by atoms with Crippen LogP contribution in [0, 0.1) is 5.82 Å². The first kappa shape index (κ1) is 14.4. The Hall–Kier alpha value is -1.50. The van der Waals surface area contributed by atoms with Gasteiger partial charge in [0.25, 0.3) is 0 Å². The van der Waals surface area contributed by atoms with Gasteiger partial charge in [0.2, 0.25) is 11.7 Å². The molecule has 1 aliphatic rings. The number of ether oxygens (including phenoxy) is 1. The Kier molecular flexibility index (Phi) is 4.19. The largest absolute Gasteiger partial charge is 0.379 e. The average Bonchev–Trinajstić information content (AvgIpc) is 3.10. The Morgan fingerprint density at radius 2 is 2.29 bits per heavy atom. The van der Waals surface area contributed by atoms with Crippen molar-refractivity contribution >= 4 is 11.6 Å². The Balaban J connectivity index is 1.84. The van der Waals surface area contributed by atoms with Crippen LogP contribution in [0.1, 0.15) is 18.7 Å². The molecule has 0 amide bonds. The third-order valence-electron chi connectivity index (χ3n) is 3.48. The highest BCUT2D eigenvalue weighted by Gasteiger charge is 2.33. The highest BCUT2D eigenvalue weighted by atomic mass is 35.5. The van der Waals surface area contributed by atoms with Crippen LogP contribution in [-0.4, -0.2) is 35.9 Å². The van der Waals surface area contributed by atoms with E-state index >= 15 is 0 Å². The van der Waals surface area contributed by atoms with E-state index in [1.807, 2.05) is 6.92 Å². The van der Waals surface area contributed by atoms with Crippen molar-refractivity contribution in [1.82, 2.24) is 15.5 Å². The van der Waals surface area contributed by atoms with E-state index in [0.717, 1.165) is 6.54 Å². The highest BCUT2D eigenvalue weighted by molar-refractivity contribution is 6.31. The molecule has 1 aromatic carbocycles. The summed E-state index contributed by atoms with van der Waals surface area (Å²) in [5, 5.41) is 7.32. The van der Waals surface area contributed by atoms with Gasteiger partial charge in [0.05, 0.1) is 24.2 Å². The second-order valence-electron chi connectivity index (χ2n) is 4.89. The van der Waals surface area contributed by atoms with Crippen LogP contribution in [0.3, 0.4) is 0 Å². The van der Waals surface area contributed by atoms with E-state index in [2.05, 4.69) is 15.5 Å². The summed E-state index contributed by atoms with van der Waals surface area (Å²) in [5.41, 5.74) is 0.621. The van der Waals surface area contributed by atoms with Crippen molar-refractivity contribution in [2.45, 2.75) is 18.9 Å². The maximum absolute atomic E-state index is 13.2. The van der Waals surface area contributed by atoms with Gasteiger partial charge in [0, 0.05) is 11.6 Å². The first-order valence-electron chi connectivity index (χ1n) is 6.79.